The van der Waals surface area contributed by atoms with E-state index in [1.54, 1.807) is 0 Å². The van der Waals surface area contributed by atoms with E-state index in [4.69, 9.17) is 4.52 Å². The molecule has 4 nitrogen and oxygen atoms in total. The van der Waals surface area contributed by atoms with Crippen molar-refractivity contribution < 1.29 is 4.52 Å². The van der Waals surface area contributed by atoms with Crippen molar-refractivity contribution in [1.82, 2.24) is 15.5 Å². The summed E-state index contributed by atoms with van der Waals surface area (Å²) in [5, 5.41) is 7.30. The number of nitrogens with zero attached hydrogens (tertiary/aromatic N) is 2. The molecular weight excluding hydrogens is 214 g/mol. The first kappa shape index (κ1) is 12.6. The van der Waals surface area contributed by atoms with Gasteiger partial charge < -0.3 is 9.84 Å². The molecule has 0 aliphatic heterocycles. The third-order valence-electron chi connectivity index (χ3n) is 3.83. The Kier molecular flexibility index (Phi) is 4.15. The maximum Gasteiger partial charge on any atom is 0.240 e. The maximum atomic E-state index is 5.09. The van der Waals surface area contributed by atoms with Crippen LogP contribution in [0.4, 0.5) is 0 Å². The third kappa shape index (κ3) is 3.53. The topological polar surface area (TPSA) is 51.0 Å². The van der Waals surface area contributed by atoms with E-state index < -0.39 is 0 Å². The van der Waals surface area contributed by atoms with E-state index in [-0.39, 0.29) is 0 Å². The highest BCUT2D eigenvalue weighted by molar-refractivity contribution is 4.84. The zero-order chi connectivity index (χ0) is 12.3. The molecule has 1 aliphatic rings. The van der Waals surface area contributed by atoms with Gasteiger partial charge in [0.25, 0.3) is 0 Å². The van der Waals surface area contributed by atoms with Gasteiger partial charge in [-0.2, -0.15) is 4.98 Å². The molecule has 0 bridgehead atoms. The van der Waals surface area contributed by atoms with Crippen LogP contribution in [0.1, 0.15) is 51.2 Å². The molecule has 1 N–H and O–H groups in total. The summed E-state index contributed by atoms with van der Waals surface area (Å²) in [5.74, 6) is 3.16. The number of aryl methyl sites for hydroxylation is 1. The molecule has 0 unspecified atom stereocenters. The predicted molar refractivity (Wildman–Crippen MR) is 66.5 cm³/mol. The van der Waals surface area contributed by atoms with E-state index in [0.29, 0.717) is 24.3 Å². The van der Waals surface area contributed by atoms with Gasteiger partial charge in [0.1, 0.15) is 0 Å². The number of rotatable bonds is 4. The molecule has 0 spiro atoms. The average molecular weight is 237 g/mol. The maximum absolute atomic E-state index is 5.09. The molecule has 0 saturated heterocycles. The van der Waals surface area contributed by atoms with E-state index in [2.05, 4.69) is 29.3 Å². The van der Waals surface area contributed by atoms with Crippen LogP contribution >= 0.6 is 0 Å². The van der Waals surface area contributed by atoms with Gasteiger partial charge in [0.15, 0.2) is 5.82 Å². The van der Waals surface area contributed by atoms with Gasteiger partial charge in [0.05, 0.1) is 6.54 Å². The lowest BCUT2D eigenvalue weighted by Crippen LogP contribution is -2.33. The first-order chi connectivity index (χ1) is 8.15. The minimum Gasteiger partial charge on any atom is -0.338 e. The van der Waals surface area contributed by atoms with Crippen molar-refractivity contribution in [2.24, 2.45) is 11.8 Å². The fourth-order valence-corrected chi connectivity index (χ4v) is 2.63. The van der Waals surface area contributed by atoms with Crippen LogP contribution in [-0.4, -0.2) is 16.2 Å². The second kappa shape index (κ2) is 5.63. The fourth-order valence-electron chi connectivity index (χ4n) is 2.63. The molecule has 0 amide bonds. The van der Waals surface area contributed by atoms with Crippen LogP contribution in [0.15, 0.2) is 4.52 Å². The van der Waals surface area contributed by atoms with Gasteiger partial charge in [0, 0.05) is 6.04 Å². The molecule has 1 aliphatic carbocycles. The van der Waals surface area contributed by atoms with Gasteiger partial charge in [-0.15, -0.1) is 0 Å². The van der Waals surface area contributed by atoms with Crippen LogP contribution in [0, 0.1) is 18.8 Å². The molecular formula is C13H23N3O. The van der Waals surface area contributed by atoms with E-state index in [9.17, 15) is 0 Å². The van der Waals surface area contributed by atoms with Gasteiger partial charge in [-0.1, -0.05) is 19.0 Å². The van der Waals surface area contributed by atoms with Crippen molar-refractivity contribution in [3.8, 4) is 0 Å². The van der Waals surface area contributed by atoms with Crippen molar-refractivity contribution in [2.75, 3.05) is 0 Å². The first-order valence-corrected chi connectivity index (χ1v) is 6.67. The zero-order valence-corrected chi connectivity index (χ0v) is 11.1. The monoisotopic (exact) mass is 237 g/mol. The first-order valence-electron chi connectivity index (χ1n) is 6.67. The van der Waals surface area contributed by atoms with Gasteiger partial charge >= 0.3 is 0 Å². The molecule has 1 fully saturated rings. The Hall–Kier alpha value is -0.900. The number of aromatic nitrogens is 2. The summed E-state index contributed by atoms with van der Waals surface area (Å²) in [7, 11) is 0. The van der Waals surface area contributed by atoms with Crippen LogP contribution in [0.25, 0.3) is 0 Å². The van der Waals surface area contributed by atoms with Gasteiger partial charge in [-0.05, 0) is 44.4 Å². The summed E-state index contributed by atoms with van der Waals surface area (Å²) < 4.78 is 5.09. The Morgan fingerprint density at radius 2 is 2.00 bits per heavy atom. The van der Waals surface area contributed by atoms with Gasteiger partial charge in [-0.25, -0.2) is 0 Å². The molecule has 1 aromatic rings. The summed E-state index contributed by atoms with van der Waals surface area (Å²) in [6.07, 6.45) is 5.24. The average Bonchev–Trinajstić information content (AvgIpc) is 2.73. The van der Waals surface area contributed by atoms with Crippen LogP contribution < -0.4 is 5.32 Å². The van der Waals surface area contributed by atoms with Crippen molar-refractivity contribution in [2.45, 2.75) is 59.0 Å². The largest absolute Gasteiger partial charge is 0.338 e. The van der Waals surface area contributed by atoms with Crippen LogP contribution in [0.2, 0.25) is 0 Å². The Morgan fingerprint density at radius 3 is 2.53 bits per heavy atom. The lowest BCUT2D eigenvalue weighted by molar-refractivity contribution is 0.233. The third-order valence-corrected chi connectivity index (χ3v) is 3.83. The van der Waals surface area contributed by atoms with Gasteiger partial charge in [0.2, 0.25) is 5.89 Å². The molecule has 17 heavy (non-hydrogen) atoms. The molecule has 1 saturated carbocycles. The molecule has 1 aromatic heterocycles. The molecule has 4 heteroatoms. The van der Waals surface area contributed by atoms with Crippen molar-refractivity contribution in [1.29, 1.82) is 0 Å². The smallest absolute Gasteiger partial charge is 0.240 e. The van der Waals surface area contributed by atoms with E-state index >= 15 is 0 Å². The number of hydrogen-bond acceptors (Lipinski definition) is 4. The van der Waals surface area contributed by atoms with E-state index in [1.165, 1.54) is 25.7 Å². The minimum absolute atomic E-state index is 0.622. The lowest BCUT2D eigenvalue weighted by Gasteiger charge is -2.31. The van der Waals surface area contributed by atoms with Crippen LogP contribution in [0.5, 0.6) is 0 Å². The lowest BCUT2D eigenvalue weighted by atomic mass is 9.80. The molecule has 1 heterocycles. The Labute approximate surface area is 103 Å². The standard InChI is InChI=1S/C13H23N3O/c1-9(2)11-4-6-12(7-5-11)14-8-13-15-10(3)16-17-13/h9,11-12,14H,4-8H2,1-3H3. The van der Waals surface area contributed by atoms with E-state index in [1.807, 2.05) is 6.92 Å². The molecule has 0 atom stereocenters. The quantitative estimate of drug-likeness (QED) is 0.874. The van der Waals surface area contributed by atoms with Gasteiger partial charge in [-0.3, -0.25) is 0 Å². The molecule has 2 rings (SSSR count). The van der Waals surface area contributed by atoms with Crippen molar-refractivity contribution >= 4 is 0 Å². The summed E-state index contributed by atoms with van der Waals surface area (Å²) >= 11 is 0. The summed E-state index contributed by atoms with van der Waals surface area (Å²) in [6, 6.07) is 0.622. The SMILES string of the molecule is Cc1noc(CNC2CCC(C(C)C)CC2)n1. The summed E-state index contributed by atoms with van der Waals surface area (Å²) in [6.45, 7) is 7.22. The second-order valence-electron chi connectivity index (χ2n) is 5.47. The second-order valence-corrected chi connectivity index (χ2v) is 5.47. The van der Waals surface area contributed by atoms with Crippen molar-refractivity contribution in [3.05, 3.63) is 11.7 Å². The summed E-state index contributed by atoms with van der Waals surface area (Å²) in [5.41, 5.74) is 0. The molecule has 0 radical (unpaired) electrons. The van der Waals surface area contributed by atoms with E-state index in [0.717, 1.165) is 11.8 Å². The fraction of sp³-hybridized carbons (Fsp3) is 0.846. The van der Waals surface area contributed by atoms with Crippen molar-refractivity contribution in [3.63, 3.8) is 0 Å². The molecule has 96 valence electrons. The zero-order valence-electron chi connectivity index (χ0n) is 11.1. The summed E-state index contributed by atoms with van der Waals surface area (Å²) in [4.78, 5) is 4.20. The Bertz CT molecular complexity index is 340. The normalized spacial score (nSPS) is 25.4. The van der Waals surface area contributed by atoms with Crippen LogP contribution in [-0.2, 0) is 6.54 Å². The Morgan fingerprint density at radius 1 is 1.29 bits per heavy atom. The highest BCUT2D eigenvalue weighted by Gasteiger charge is 2.23. The predicted octanol–water partition coefficient (Wildman–Crippen LogP) is 2.68. The van der Waals surface area contributed by atoms with Crippen LogP contribution in [0.3, 0.4) is 0 Å². The minimum atomic E-state index is 0.622. The number of nitrogens with one attached hydrogen (secondary N) is 1. The highest BCUT2D eigenvalue weighted by Crippen LogP contribution is 2.29. The highest BCUT2D eigenvalue weighted by atomic mass is 16.5. The Balaban J connectivity index is 1.71. The number of hydrogen-bond donors (Lipinski definition) is 1. The molecule has 0 aromatic carbocycles.